The summed E-state index contributed by atoms with van der Waals surface area (Å²) in [4.78, 5) is 9.60. The number of carboxylic acids is 1. The van der Waals surface area contributed by atoms with Gasteiger partial charge >= 0.3 is 5.97 Å². The molecule has 0 aromatic carbocycles. The lowest BCUT2D eigenvalue weighted by atomic mass is 10.0. The Hall–Kier alpha value is -0.870. The van der Waals surface area contributed by atoms with Crippen molar-refractivity contribution in [1.29, 1.82) is 0 Å². The van der Waals surface area contributed by atoms with E-state index in [1.54, 1.807) is 6.92 Å². The lowest BCUT2D eigenvalue weighted by molar-refractivity contribution is -0.132. The van der Waals surface area contributed by atoms with Crippen molar-refractivity contribution in [1.82, 2.24) is 0 Å². The standard InChI is InChI=1S/C6H14O2.C4H6O2/c1-4(2)6(8)5(3)7;1-3(2)4(5)6/h4-8H,1-3H3;1H2,2H3,(H,5,6). The Kier molecular flexibility index (Phi) is 8.38. The van der Waals surface area contributed by atoms with Crippen LogP contribution in [0, 0.1) is 5.92 Å². The van der Waals surface area contributed by atoms with E-state index in [0.717, 1.165) is 0 Å². The molecule has 0 amide bonds. The highest BCUT2D eigenvalue weighted by Crippen LogP contribution is 2.04. The molecule has 0 saturated carbocycles. The molecule has 3 N–H and O–H groups in total. The topological polar surface area (TPSA) is 77.8 Å². The van der Waals surface area contributed by atoms with Crippen molar-refractivity contribution < 1.29 is 20.1 Å². The van der Waals surface area contributed by atoms with Crippen LogP contribution in [0.15, 0.2) is 12.2 Å². The van der Waals surface area contributed by atoms with Crippen molar-refractivity contribution in [3.63, 3.8) is 0 Å². The summed E-state index contributed by atoms with van der Waals surface area (Å²) in [6, 6.07) is 0. The average molecular weight is 204 g/mol. The molecule has 0 spiro atoms. The maximum Gasteiger partial charge on any atom is 0.330 e. The summed E-state index contributed by atoms with van der Waals surface area (Å²) in [7, 11) is 0. The highest BCUT2D eigenvalue weighted by Gasteiger charge is 2.13. The second kappa shape index (κ2) is 7.53. The average Bonchev–Trinajstić information content (AvgIpc) is 2.03. The molecule has 4 heteroatoms. The number of carboxylic acid groups (broad SMARTS) is 1. The van der Waals surface area contributed by atoms with Crippen LogP contribution < -0.4 is 0 Å². The molecule has 0 fully saturated rings. The zero-order valence-corrected chi connectivity index (χ0v) is 9.19. The molecule has 14 heavy (non-hydrogen) atoms. The fraction of sp³-hybridized carbons (Fsp3) is 0.700. The van der Waals surface area contributed by atoms with E-state index in [4.69, 9.17) is 15.3 Å². The summed E-state index contributed by atoms with van der Waals surface area (Å²) in [5.74, 6) is -0.787. The Morgan fingerprint density at radius 3 is 1.50 bits per heavy atom. The van der Waals surface area contributed by atoms with Gasteiger partial charge in [-0.3, -0.25) is 0 Å². The van der Waals surface area contributed by atoms with Crippen LogP contribution in [-0.2, 0) is 4.79 Å². The van der Waals surface area contributed by atoms with Gasteiger partial charge in [-0.2, -0.15) is 0 Å². The number of hydrogen-bond acceptors (Lipinski definition) is 3. The Bertz CT molecular complexity index is 165. The summed E-state index contributed by atoms with van der Waals surface area (Å²) >= 11 is 0. The van der Waals surface area contributed by atoms with Gasteiger partial charge in [0.15, 0.2) is 0 Å². The van der Waals surface area contributed by atoms with Gasteiger partial charge in [-0.05, 0) is 19.8 Å². The Labute approximate surface area is 84.9 Å². The Morgan fingerprint density at radius 2 is 1.50 bits per heavy atom. The largest absolute Gasteiger partial charge is 0.478 e. The van der Waals surface area contributed by atoms with Gasteiger partial charge < -0.3 is 15.3 Å². The van der Waals surface area contributed by atoms with E-state index in [9.17, 15) is 4.79 Å². The van der Waals surface area contributed by atoms with Crippen LogP contribution in [0.3, 0.4) is 0 Å². The lowest BCUT2D eigenvalue weighted by Gasteiger charge is -2.16. The second-order valence-electron chi connectivity index (χ2n) is 3.56. The van der Waals surface area contributed by atoms with Crippen molar-refractivity contribution in [3.8, 4) is 0 Å². The molecular formula is C10H20O4. The van der Waals surface area contributed by atoms with Crippen LogP contribution in [0.1, 0.15) is 27.7 Å². The molecule has 0 aliphatic carbocycles. The molecule has 0 saturated heterocycles. The van der Waals surface area contributed by atoms with Crippen LogP contribution >= 0.6 is 0 Å². The van der Waals surface area contributed by atoms with Crippen LogP contribution in [0.25, 0.3) is 0 Å². The molecule has 2 atom stereocenters. The fourth-order valence-corrected chi connectivity index (χ4v) is 0.557. The van der Waals surface area contributed by atoms with Crippen LogP contribution in [0.4, 0.5) is 0 Å². The lowest BCUT2D eigenvalue weighted by Crippen LogP contribution is -2.27. The molecule has 0 aliphatic heterocycles. The Balaban J connectivity index is 0. The summed E-state index contributed by atoms with van der Waals surface area (Å²) < 4.78 is 0. The molecule has 84 valence electrons. The minimum atomic E-state index is -0.935. The van der Waals surface area contributed by atoms with E-state index in [-0.39, 0.29) is 11.5 Å². The molecule has 0 bridgehead atoms. The van der Waals surface area contributed by atoms with Crippen LogP contribution in [0.2, 0.25) is 0 Å². The minimum absolute atomic E-state index is 0.148. The van der Waals surface area contributed by atoms with E-state index in [0.29, 0.717) is 0 Å². The number of carbonyl (C=O) groups is 1. The smallest absolute Gasteiger partial charge is 0.330 e. The highest BCUT2D eigenvalue weighted by atomic mass is 16.4. The van der Waals surface area contributed by atoms with E-state index in [1.807, 2.05) is 13.8 Å². The van der Waals surface area contributed by atoms with Crippen LogP contribution in [0.5, 0.6) is 0 Å². The first kappa shape index (κ1) is 15.6. The third-order valence-corrected chi connectivity index (χ3v) is 1.54. The quantitative estimate of drug-likeness (QED) is 0.600. The van der Waals surface area contributed by atoms with Crippen molar-refractivity contribution in [2.45, 2.75) is 39.9 Å². The normalized spacial score (nSPS) is 13.9. The van der Waals surface area contributed by atoms with E-state index in [2.05, 4.69) is 6.58 Å². The highest BCUT2D eigenvalue weighted by molar-refractivity contribution is 5.84. The van der Waals surface area contributed by atoms with E-state index < -0.39 is 18.2 Å². The van der Waals surface area contributed by atoms with Gasteiger partial charge in [0.2, 0.25) is 0 Å². The zero-order chi connectivity index (χ0) is 11.9. The number of aliphatic hydroxyl groups excluding tert-OH is 2. The molecule has 0 rings (SSSR count). The molecule has 4 nitrogen and oxygen atoms in total. The van der Waals surface area contributed by atoms with Gasteiger partial charge in [-0.25, -0.2) is 4.79 Å². The number of rotatable bonds is 3. The molecule has 2 unspecified atom stereocenters. The number of aliphatic carboxylic acids is 1. The monoisotopic (exact) mass is 204 g/mol. The predicted molar refractivity (Wildman–Crippen MR) is 55.0 cm³/mol. The fourth-order valence-electron chi connectivity index (χ4n) is 0.557. The first-order valence-electron chi connectivity index (χ1n) is 4.45. The van der Waals surface area contributed by atoms with E-state index in [1.165, 1.54) is 6.92 Å². The molecule has 0 heterocycles. The van der Waals surface area contributed by atoms with Crippen molar-refractivity contribution >= 4 is 5.97 Å². The van der Waals surface area contributed by atoms with Gasteiger partial charge in [0, 0.05) is 5.57 Å². The molecule has 0 aromatic rings. The first-order chi connectivity index (χ1) is 6.20. The molecule has 0 aromatic heterocycles. The van der Waals surface area contributed by atoms with E-state index >= 15 is 0 Å². The van der Waals surface area contributed by atoms with Crippen LogP contribution in [-0.4, -0.2) is 33.5 Å². The Morgan fingerprint density at radius 1 is 1.21 bits per heavy atom. The summed E-state index contributed by atoms with van der Waals surface area (Å²) in [6.45, 7) is 9.93. The summed E-state index contributed by atoms with van der Waals surface area (Å²) in [6.07, 6.45) is -1.18. The summed E-state index contributed by atoms with van der Waals surface area (Å²) in [5, 5.41) is 25.6. The third-order valence-electron chi connectivity index (χ3n) is 1.54. The summed E-state index contributed by atoms with van der Waals surface area (Å²) in [5.41, 5.74) is 0.176. The maximum absolute atomic E-state index is 9.60. The zero-order valence-electron chi connectivity index (χ0n) is 9.19. The predicted octanol–water partition coefficient (Wildman–Crippen LogP) is 1.03. The number of aliphatic hydroxyl groups is 2. The first-order valence-corrected chi connectivity index (χ1v) is 4.45. The van der Waals surface area contributed by atoms with Gasteiger partial charge in [0.25, 0.3) is 0 Å². The maximum atomic E-state index is 9.60. The minimum Gasteiger partial charge on any atom is -0.478 e. The number of hydrogen-bond donors (Lipinski definition) is 3. The van der Waals surface area contributed by atoms with Gasteiger partial charge in [0.05, 0.1) is 12.2 Å². The molecule has 0 aliphatic rings. The van der Waals surface area contributed by atoms with Gasteiger partial charge in [-0.15, -0.1) is 0 Å². The second-order valence-corrected chi connectivity index (χ2v) is 3.56. The van der Waals surface area contributed by atoms with Gasteiger partial charge in [-0.1, -0.05) is 20.4 Å². The van der Waals surface area contributed by atoms with Gasteiger partial charge in [0.1, 0.15) is 0 Å². The SMILES string of the molecule is C=C(C)C(=O)O.CC(C)C(O)C(C)O. The van der Waals surface area contributed by atoms with Crippen molar-refractivity contribution in [2.24, 2.45) is 5.92 Å². The molecular weight excluding hydrogens is 184 g/mol. The van der Waals surface area contributed by atoms with Crippen molar-refractivity contribution in [2.75, 3.05) is 0 Å². The van der Waals surface area contributed by atoms with Crippen molar-refractivity contribution in [3.05, 3.63) is 12.2 Å². The third kappa shape index (κ3) is 9.22. The molecule has 0 radical (unpaired) electrons.